The third-order valence-corrected chi connectivity index (χ3v) is 2.18. The summed E-state index contributed by atoms with van der Waals surface area (Å²) in [6.45, 7) is 0.296. The van der Waals surface area contributed by atoms with Gasteiger partial charge in [-0.2, -0.15) is 0 Å². The van der Waals surface area contributed by atoms with Crippen LogP contribution in [0.4, 0.5) is 11.5 Å². The first-order chi connectivity index (χ1) is 8.54. The Morgan fingerprint density at radius 2 is 2.39 bits per heavy atom. The number of ether oxygens (including phenoxy) is 1. The largest absolute Gasteiger partial charge is 0.480 e. The summed E-state index contributed by atoms with van der Waals surface area (Å²) in [6.07, 6.45) is 1.50. The lowest BCUT2D eigenvalue weighted by Gasteiger charge is -2.13. The number of nitro groups is 1. The van der Waals surface area contributed by atoms with E-state index in [1.807, 2.05) is 0 Å². The molecule has 1 rings (SSSR count). The first-order valence-corrected chi connectivity index (χ1v) is 5.13. The fraction of sp³-hybridized carbons (Fsp3) is 0.400. The molecule has 1 heterocycles. The van der Waals surface area contributed by atoms with Gasteiger partial charge < -0.3 is 25.3 Å². The second kappa shape index (κ2) is 6.50. The topological polar surface area (TPSA) is 115 Å². The van der Waals surface area contributed by atoms with Crippen molar-refractivity contribution in [1.29, 1.82) is 0 Å². The molecule has 1 atom stereocenters. The van der Waals surface area contributed by atoms with E-state index in [4.69, 9.17) is 9.84 Å². The Hall–Kier alpha value is -2.22. The third kappa shape index (κ3) is 3.98. The van der Waals surface area contributed by atoms with Crippen molar-refractivity contribution < 1.29 is 19.6 Å². The Bertz CT molecular complexity index is 420. The smallest absolute Gasteiger partial charge is 0.363 e. The van der Waals surface area contributed by atoms with Gasteiger partial charge in [-0.05, 0) is 16.0 Å². The zero-order valence-electron chi connectivity index (χ0n) is 9.70. The molecule has 0 saturated carbocycles. The number of aromatic nitrogens is 1. The van der Waals surface area contributed by atoms with Gasteiger partial charge in [-0.1, -0.05) is 0 Å². The van der Waals surface area contributed by atoms with E-state index in [0.29, 0.717) is 12.3 Å². The maximum absolute atomic E-state index is 10.9. The van der Waals surface area contributed by atoms with Crippen molar-refractivity contribution in [2.45, 2.75) is 12.5 Å². The number of methoxy groups -OCH3 is 1. The van der Waals surface area contributed by atoms with Crippen LogP contribution in [0, 0.1) is 10.1 Å². The highest BCUT2D eigenvalue weighted by atomic mass is 16.6. The maximum atomic E-state index is 10.9. The van der Waals surface area contributed by atoms with Crippen molar-refractivity contribution in [2.75, 3.05) is 19.0 Å². The zero-order valence-corrected chi connectivity index (χ0v) is 9.70. The van der Waals surface area contributed by atoms with Gasteiger partial charge in [0.25, 0.3) is 0 Å². The molecule has 0 aliphatic heterocycles. The molecular formula is C10H13N3O5. The van der Waals surface area contributed by atoms with E-state index in [2.05, 4.69) is 10.3 Å². The lowest BCUT2D eigenvalue weighted by Crippen LogP contribution is -2.30. The highest BCUT2D eigenvalue weighted by Crippen LogP contribution is 2.13. The number of rotatable bonds is 7. The summed E-state index contributed by atoms with van der Waals surface area (Å²) >= 11 is 0. The Balaban J connectivity index is 2.68. The Kier molecular flexibility index (Phi) is 5.00. The number of hydrogen-bond acceptors (Lipinski definition) is 6. The minimum absolute atomic E-state index is 0.281. The molecular weight excluding hydrogens is 242 g/mol. The maximum Gasteiger partial charge on any atom is 0.363 e. The summed E-state index contributed by atoms with van der Waals surface area (Å²) in [4.78, 5) is 24.3. The lowest BCUT2D eigenvalue weighted by atomic mass is 10.2. The van der Waals surface area contributed by atoms with Crippen molar-refractivity contribution in [3.8, 4) is 0 Å². The summed E-state index contributed by atoms with van der Waals surface area (Å²) in [7, 11) is 1.48. The minimum Gasteiger partial charge on any atom is -0.480 e. The molecule has 8 heteroatoms. The predicted octanol–water partition coefficient (Wildman–Crippen LogP) is 0.891. The lowest BCUT2D eigenvalue weighted by molar-refractivity contribution is -0.389. The third-order valence-electron chi connectivity index (χ3n) is 2.18. The van der Waals surface area contributed by atoms with Gasteiger partial charge in [0.15, 0.2) is 6.20 Å². The van der Waals surface area contributed by atoms with Crippen LogP contribution in [0.3, 0.4) is 0 Å². The molecule has 1 aromatic heterocycles. The van der Waals surface area contributed by atoms with Crippen LogP contribution in [0.15, 0.2) is 18.3 Å². The van der Waals surface area contributed by atoms with Gasteiger partial charge in [-0.25, -0.2) is 4.79 Å². The molecule has 98 valence electrons. The van der Waals surface area contributed by atoms with E-state index >= 15 is 0 Å². The number of hydrogen-bond donors (Lipinski definition) is 2. The van der Waals surface area contributed by atoms with Crippen molar-refractivity contribution >= 4 is 17.5 Å². The monoisotopic (exact) mass is 255 g/mol. The molecule has 0 aliphatic carbocycles. The number of carboxylic acids is 1. The summed E-state index contributed by atoms with van der Waals surface area (Å²) in [6, 6.07) is 1.79. The van der Waals surface area contributed by atoms with Crippen LogP contribution >= 0.6 is 0 Å². The van der Waals surface area contributed by atoms with Crippen LogP contribution in [0.1, 0.15) is 6.42 Å². The zero-order chi connectivity index (χ0) is 13.5. The van der Waals surface area contributed by atoms with E-state index < -0.39 is 16.9 Å². The predicted molar refractivity (Wildman–Crippen MR) is 62.4 cm³/mol. The summed E-state index contributed by atoms with van der Waals surface area (Å²) in [5, 5.41) is 22.1. The number of aliphatic carboxylic acids is 1. The number of nitrogens with one attached hydrogen (secondary N) is 1. The minimum atomic E-state index is -1.02. The van der Waals surface area contributed by atoms with Crippen molar-refractivity contribution in [1.82, 2.24) is 4.98 Å². The van der Waals surface area contributed by atoms with E-state index in [9.17, 15) is 14.9 Å². The van der Waals surface area contributed by atoms with Gasteiger partial charge in [0, 0.05) is 26.2 Å². The van der Waals surface area contributed by atoms with Gasteiger partial charge in [-0.3, -0.25) is 0 Å². The van der Waals surface area contributed by atoms with Crippen molar-refractivity contribution in [3.05, 3.63) is 28.4 Å². The van der Waals surface area contributed by atoms with Crippen LogP contribution in [0.2, 0.25) is 0 Å². The van der Waals surface area contributed by atoms with Crippen LogP contribution < -0.4 is 5.32 Å². The van der Waals surface area contributed by atoms with Gasteiger partial charge in [0.1, 0.15) is 6.04 Å². The molecule has 2 N–H and O–H groups in total. The summed E-state index contributed by atoms with van der Waals surface area (Å²) in [5.74, 6) is -1.31. The average Bonchev–Trinajstić information content (AvgIpc) is 2.34. The first kappa shape index (κ1) is 13.8. The Morgan fingerprint density at radius 3 is 2.83 bits per heavy atom. The SMILES string of the molecule is COCCC(Nc1ccc([N+](=O)[O-])nc1)C(=O)O. The van der Waals surface area contributed by atoms with Crippen LogP contribution in [-0.4, -0.2) is 40.7 Å². The number of nitrogens with zero attached hydrogens (tertiary/aromatic N) is 2. The molecule has 0 saturated heterocycles. The Labute approximate surface area is 103 Å². The van der Waals surface area contributed by atoms with Crippen molar-refractivity contribution in [2.24, 2.45) is 0 Å². The molecule has 18 heavy (non-hydrogen) atoms. The quantitative estimate of drug-likeness (QED) is 0.549. The van der Waals surface area contributed by atoms with Gasteiger partial charge in [-0.15, -0.1) is 0 Å². The number of carbonyl (C=O) groups is 1. The van der Waals surface area contributed by atoms with E-state index in [0.717, 1.165) is 0 Å². The fourth-order valence-corrected chi connectivity index (χ4v) is 1.27. The summed E-state index contributed by atoms with van der Waals surface area (Å²) in [5.41, 5.74) is 0.407. The molecule has 0 spiro atoms. The van der Waals surface area contributed by atoms with Crippen LogP contribution in [0.5, 0.6) is 0 Å². The normalized spacial score (nSPS) is 11.8. The molecule has 8 nitrogen and oxygen atoms in total. The van der Waals surface area contributed by atoms with Crippen LogP contribution in [0.25, 0.3) is 0 Å². The van der Waals surface area contributed by atoms with Crippen molar-refractivity contribution in [3.63, 3.8) is 0 Å². The average molecular weight is 255 g/mol. The highest BCUT2D eigenvalue weighted by molar-refractivity contribution is 5.77. The molecule has 0 fully saturated rings. The van der Waals surface area contributed by atoms with Crippen LogP contribution in [-0.2, 0) is 9.53 Å². The molecule has 0 bridgehead atoms. The molecule has 0 radical (unpaired) electrons. The van der Waals surface area contributed by atoms with E-state index in [1.165, 1.54) is 25.4 Å². The molecule has 0 amide bonds. The second-order valence-electron chi connectivity index (χ2n) is 3.48. The number of pyridine rings is 1. The number of anilines is 1. The molecule has 0 aliphatic rings. The Morgan fingerprint density at radius 1 is 1.67 bits per heavy atom. The summed E-state index contributed by atoms with van der Waals surface area (Å²) < 4.78 is 4.80. The van der Waals surface area contributed by atoms with E-state index in [1.54, 1.807) is 0 Å². The molecule has 1 unspecified atom stereocenters. The van der Waals surface area contributed by atoms with Gasteiger partial charge in [0.05, 0.1) is 5.69 Å². The standard InChI is InChI=1S/C10H13N3O5/c1-18-5-4-8(10(14)15)12-7-2-3-9(11-6-7)13(16)17/h2-3,6,8,12H,4-5H2,1H3,(H,14,15). The fourth-order valence-electron chi connectivity index (χ4n) is 1.27. The number of carboxylic acid groups (broad SMARTS) is 1. The molecule has 0 aromatic carbocycles. The van der Waals surface area contributed by atoms with E-state index in [-0.39, 0.29) is 12.2 Å². The van der Waals surface area contributed by atoms with Gasteiger partial charge >= 0.3 is 11.8 Å². The molecule has 1 aromatic rings. The second-order valence-corrected chi connectivity index (χ2v) is 3.48. The van der Waals surface area contributed by atoms with Gasteiger partial charge in [0.2, 0.25) is 0 Å². The highest BCUT2D eigenvalue weighted by Gasteiger charge is 2.17. The first-order valence-electron chi connectivity index (χ1n) is 5.13.